The van der Waals surface area contributed by atoms with Crippen LogP contribution in [0.4, 0.5) is 0 Å². The van der Waals surface area contributed by atoms with Crippen molar-refractivity contribution in [3.05, 3.63) is 29.6 Å². The van der Waals surface area contributed by atoms with Gasteiger partial charge in [-0.2, -0.15) is 0 Å². The maximum absolute atomic E-state index is 11.5. The molecule has 0 radical (unpaired) electrons. The molecule has 1 heterocycles. The molecule has 1 saturated carbocycles. The van der Waals surface area contributed by atoms with E-state index in [0.717, 1.165) is 31.4 Å². The van der Waals surface area contributed by atoms with Gasteiger partial charge in [0.2, 0.25) is 0 Å². The van der Waals surface area contributed by atoms with E-state index in [1.165, 1.54) is 7.11 Å². The van der Waals surface area contributed by atoms with Gasteiger partial charge < -0.3 is 15.6 Å². The fourth-order valence-corrected chi connectivity index (χ4v) is 2.89. The second-order valence-corrected chi connectivity index (χ2v) is 5.37. The second kappa shape index (κ2) is 6.81. The number of aromatic nitrogens is 1. The highest BCUT2D eigenvalue weighted by Crippen LogP contribution is 2.35. The van der Waals surface area contributed by atoms with E-state index in [-0.39, 0.29) is 24.5 Å². The molecule has 20 heavy (non-hydrogen) atoms. The number of hydrogen-bond acceptors (Lipinski definition) is 5. The van der Waals surface area contributed by atoms with Gasteiger partial charge in [-0.25, -0.2) is 0 Å². The molecule has 0 spiro atoms. The van der Waals surface area contributed by atoms with Crippen LogP contribution in [0.5, 0.6) is 0 Å². The Bertz CT molecular complexity index is 456. The number of nitrogens with zero attached hydrogens (tertiary/aromatic N) is 1. The minimum absolute atomic E-state index is 0.0141. The summed E-state index contributed by atoms with van der Waals surface area (Å²) in [6.45, 7) is -0.0738. The smallest absolute Gasteiger partial charge is 0.308 e. The monoisotopic (exact) mass is 278 g/mol. The third-order valence-electron chi connectivity index (χ3n) is 4.15. The molecule has 1 aliphatic rings. The number of rotatable bonds is 4. The van der Waals surface area contributed by atoms with E-state index in [0.29, 0.717) is 11.6 Å². The van der Waals surface area contributed by atoms with E-state index in [2.05, 4.69) is 4.98 Å². The van der Waals surface area contributed by atoms with Crippen LogP contribution in [0.15, 0.2) is 18.2 Å². The lowest BCUT2D eigenvalue weighted by molar-refractivity contribution is -0.146. The topological polar surface area (TPSA) is 85.4 Å². The van der Waals surface area contributed by atoms with Crippen LogP contribution >= 0.6 is 0 Å². The van der Waals surface area contributed by atoms with Crippen LogP contribution in [-0.2, 0) is 16.1 Å². The van der Waals surface area contributed by atoms with Gasteiger partial charge in [0.25, 0.3) is 0 Å². The Hall–Kier alpha value is -1.46. The largest absolute Gasteiger partial charge is 0.469 e. The average molecular weight is 278 g/mol. The van der Waals surface area contributed by atoms with E-state index in [1.807, 2.05) is 12.1 Å². The normalized spacial score (nSPS) is 24.1. The Labute approximate surface area is 119 Å². The fraction of sp³-hybridized carbons (Fsp3) is 0.600. The summed E-state index contributed by atoms with van der Waals surface area (Å²) < 4.78 is 4.79. The number of esters is 1. The van der Waals surface area contributed by atoms with Gasteiger partial charge in [-0.3, -0.25) is 9.78 Å². The van der Waals surface area contributed by atoms with Gasteiger partial charge in [-0.1, -0.05) is 6.07 Å². The van der Waals surface area contributed by atoms with Gasteiger partial charge in [0.15, 0.2) is 0 Å². The summed E-state index contributed by atoms with van der Waals surface area (Å²) in [5.74, 6) is 0.231. The number of pyridine rings is 1. The van der Waals surface area contributed by atoms with Crippen molar-refractivity contribution in [3.63, 3.8) is 0 Å². The van der Waals surface area contributed by atoms with Crippen LogP contribution < -0.4 is 5.73 Å². The van der Waals surface area contributed by atoms with Crippen LogP contribution in [0.1, 0.15) is 43.1 Å². The molecule has 1 fully saturated rings. The number of carbonyl (C=O) groups excluding carboxylic acids is 1. The first kappa shape index (κ1) is 14.9. The zero-order valence-electron chi connectivity index (χ0n) is 11.8. The van der Waals surface area contributed by atoms with Crippen molar-refractivity contribution in [1.29, 1.82) is 0 Å². The average Bonchev–Trinajstić information content (AvgIpc) is 2.53. The summed E-state index contributed by atoms with van der Waals surface area (Å²) in [4.78, 5) is 15.9. The molecular formula is C15H22N2O3. The number of methoxy groups -OCH3 is 1. The van der Waals surface area contributed by atoms with Gasteiger partial charge in [0.1, 0.15) is 0 Å². The highest BCUT2D eigenvalue weighted by atomic mass is 16.5. The predicted octanol–water partition coefficient (Wildman–Crippen LogP) is 1.55. The first-order chi connectivity index (χ1) is 9.65. The predicted molar refractivity (Wildman–Crippen MR) is 74.6 cm³/mol. The van der Waals surface area contributed by atoms with Crippen LogP contribution in [-0.4, -0.2) is 23.2 Å². The summed E-state index contributed by atoms with van der Waals surface area (Å²) in [7, 11) is 1.43. The van der Waals surface area contributed by atoms with E-state index in [9.17, 15) is 4.79 Å². The Morgan fingerprint density at radius 2 is 2.15 bits per heavy atom. The Morgan fingerprint density at radius 3 is 2.75 bits per heavy atom. The lowest BCUT2D eigenvalue weighted by atomic mass is 9.78. The summed E-state index contributed by atoms with van der Waals surface area (Å²) in [6, 6.07) is 5.41. The van der Waals surface area contributed by atoms with E-state index in [4.69, 9.17) is 15.6 Å². The molecule has 0 unspecified atom stereocenters. The summed E-state index contributed by atoms with van der Waals surface area (Å²) >= 11 is 0. The minimum Gasteiger partial charge on any atom is -0.469 e. The number of aliphatic hydroxyl groups is 1. The molecule has 2 rings (SSSR count). The van der Waals surface area contributed by atoms with E-state index >= 15 is 0 Å². The third-order valence-corrected chi connectivity index (χ3v) is 4.15. The van der Waals surface area contributed by atoms with Crippen LogP contribution in [0, 0.1) is 11.8 Å². The van der Waals surface area contributed by atoms with Crippen LogP contribution in [0.2, 0.25) is 0 Å². The van der Waals surface area contributed by atoms with Crippen molar-refractivity contribution in [2.45, 2.75) is 38.3 Å². The Morgan fingerprint density at radius 1 is 1.45 bits per heavy atom. The number of ether oxygens (including phenoxy) is 1. The zero-order valence-corrected chi connectivity index (χ0v) is 11.8. The Kier molecular flexibility index (Phi) is 5.09. The maximum atomic E-state index is 11.5. The molecule has 1 aliphatic carbocycles. The molecule has 5 nitrogen and oxygen atoms in total. The molecule has 1 atom stereocenters. The molecule has 110 valence electrons. The first-order valence-corrected chi connectivity index (χ1v) is 7.05. The number of hydrogen-bond donors (Lipinski definition) is 2. The first-order valence-electron chi connectivity index (χ1n) is 7.05. The molecule has 0 bridgehead atoms. The van der Waals surface area contributed by atoms with Crippen molar-refractivity contribution in [3.8, 4) is 0 Å². The molecule has 1 aromatic rings. The quantitative estimate of drug-likeness (QED) is 0.816. The minimum atomic E-state index is -0.139. The molecular weight excluding hydrogens is 256 g/mol. The van der Waals surface area contributed by atoms with E-state index in [1.54, 1.807) is 6.07 Å². The van der Waals surface area contributed by atoms with Gasteiger partial charge in [0.05, 0.1) is 31.0 Å². The number of carbonyl (C=O) groups is 1. The maximum Gasteiger partial charge on any atom is 0.308 e. The lowest BCUT2D eigenvalue weighted by Crippen LogP contribution is -2.29. The zero-order chi connectivity index (χ0) is 14.5. The third kappa shape index (κ3) is 3.35. The van der Waals surface area contributed by atoms with Crippen molar-refractivity contribution >= 4 is 5.97 Å². The van der Waals surface area contributed by atoms with Crippen LogP contribution in [0.3, 0.4) is 0 Å². The van der Waals surface area contributed by atoms with Crippen molar-refractivity contribution in [1.82, 2.24) is 4.98 Å². The summed E-state index contributed by atoms with van der Waals surface area (Å²) in [5.41, 5.74) is 7.74. The van der Waals surface area contributed by atoms with Gasteiger partial charge in [0, 0.05) is 6.04 Å². The number of aliphatic hydroxyl groups excluding tert-OH is 1. The summed E-state index contributed by atoms with van der Waals surface area (Å²) in [6.07, 6.45) is 3.47. The van der Waals surface area contributed by atoms with Gasteiger partial charge >= 0.3 is 5.97 Å². The Balaban J connectivity index is 1.97. The molecule has 0 saturated heterocycles. The molecule has 0 aromatic carbocycles. The molecule has 0 aliphatic heterocycles. The van der Waals surface area contributed by atoms with Gasteiger partial charge in [-0.05, 0) is 43.7 Å². The second-order valence-electron chi connectivity index (χ2n) is 5.37. The molecule has 3 N–H and O–H groups in total. The standard InChI is InChI=1S/C15H22N2O3/c1-20-15(19)11-7-5-10(6-8-11)14(16)13-4-2-3-12(9-18)17-13/h2-4,10-11,14,18H,5-9,16H2,1H3/t10-,11-,14-/m1/s1. The highest BCUT2D eigenvalue weighted by Gasteiger charge is 2.30. The van der Waals surface area contributed by atoms with Gasteiger partial charge in [-0.15, -0.1) is 0 Å². The van der Waals surface area contributed by atoms with Crippen molar-refractivity contribution in [2.24, 2.45) is 17.6 Å². The van der Waals surface area contributed by atoms with Crippen molar-refractivity contribution in [2.75, 3.05) is 7.11 Å². The van der Waals surface area contributed by atoms with Crippen molar-refractivity contribution < 1.29 is 14.6 Å². The van der Waals surface area contributed by atoms with E-state index < -0.39 is 0 Å². The molecule has 1 aromatic heterocycles. The molecule has 5 heteroatoms. The summed E-state index contributed by atoms with van der Waals surface area (Å²) in [5, 5.41) is 9.12. The number of nitrogens with two attached hydrogens (primary N) is 1. The SMILES string of the molecule is COC(=O)[C@H]1CC[C@H]([C@@H](N)c2cccc(CO)n2)CC1. The fourth-order valence-electron chi connectivity index (χ4n) is 2.89. The highest BCUT2D eigenvalue weighted by molar-refractivity contribution is 5.72. The molecule has 0 amide bonds. The lowest BCUT2D eigenvalue weighted by Gasteiger charge is -2.30. The van der Waals surface area contributed by atoms with Crippen LogP contribution in [0.25, 0.3) is 0 Å².